The number of aromatic nitrogens is 6. The number of sulfonamides is 2. The summed E-state index contributed by atoms with van der Waals surface area (Å²) in [6, 6.07) is 5.94. The van der Waals surface area contributed by atoms with Crippen LogP contribution in [0.15, 0.2) is 38.7 Å². The normalized spacial score (nSPS) is 12.1. The lowest BCUT2D eigenvalue weighted by Crippen LogP contribution is -2.30. The molecule has 0 atom stereocenters. The van der Waals surface area contributed by atoms with Gasteiger partial charge in [0.1, 0.15) is 16.6 Å². The van der Waals surface area contributed by atoms with Crippen LogP contribution in [-0.4, -0.2) is 111 Å². The van der Waals surface area contributed by atoms with Crippen LogP contribution in [0.4, 0.5) is 0 Å². The number of ether oxygens (including phenoxy) is 2. The van der Waals surface area contributed by atoms with Crippen molar-refractivity contribution in [2.45, 2.75) is 16.5 Å². The van der Waals surface area contributed by atoms with Gasteiger partial charge in [-0.1, -0.05) is 46.4 Å². The highest BCUT2D eigenvalue weighted by Crippen LogP contribution is 2.24. The first-order chi connectivity index (χ1) is 19.4. The molecule has 0 aliphatic carbocycles. The molecular weight excluding hydrogens is 682 g/mol. The third-order valence-corrected chi connectivity index (χ3v) is 7.77. The van der Waals surface area contributed by atoms with E-state index in [1.807, 2.05) is 19.0 Å². The van der Waals surface area contributed by atoms with E-state index in [-0.39, 0.29) is 48.4 Å². The highest BCUT2D eigenvalue weighted by atomic mass is 35.5. The van der Waals surface area contributed by atoms with Gasteiger partial charge >= 0.3 is 10.0 Å². The van der Waals surface area contributed by atoms with Crippen LogP contribution in [0, 0.1) is 0 Å². The molecule has 0 saturated carbocycles. The summed E-state index contributed by atoms with van der Waals surface area (Å²) in [5.41, 5.74) is 0.529. The zero-order chi connectivity index (χ0) is 32.0. The summed E-state index contributed by atoms with van der Waals surface area (Å²) < 4.78 is 61.8. The largest absolute Gasteiger partial charge is 0.368 e. The number of fused-ring (bicyclic) bond motifs is 2. The molecule has 4 aromatic rings. The molecule has 0 amide bonds. The number of methoxy groups -OCH3 is 2. The highest BCUT2D eigenvalue weighted by Gasteiger charge is 2.25. The van der Waals surface area contributed by atoms with Gasteiger partial charge in [-0.25, -0.2) is 23.5 Å². The summed E-state index contributed by atoms with van der Waals surface area (Å²) in [6.07, 6.45) is 0.935. The summed E-state index contributed by atoms with van der Waals surface area (Å²) in [5, 5.41) is 11.7. The van der Waals surface area contributed by atoms with Crippen LogP contribution >= 0.6 is 46.4 Å². The van der Waals surface area contributed by atoms with Crippen molar-refractivity contribution in [3.8, 4) is 0 Å². The van der Waals surface area contributed by atoms with Gasteiger partial charge in [-0.05, 0) is 38.4 Å². The molecule has 4 aromatic heterocycles. The van der Waals surface area contributed by atoms with E-state index in [1.165, 1.54) is 29.2 Å². The predicted octanol–water partition coefficient (Wildman–Crippen LogP) is 2.12. The van der Waals surface area contributed by atoms with Gasteiger partial charge < -0.3 is 14.4 Å². The van der Waals surface area contributed by atoms with Crippen molar-refractivity contribution in [2.75, 3.05) is 42.4 Å². The summed E-state index contributed by atoms with van der Waals surface area (Å²) in [4.78, 5) is 11.0. The number of nitrogens with zero attached hydrogens (tertiary/aromatic N) is 9. The van der Waals surface area contributed by atoms with Crippen molar-refractivity contribution in [1.29, 1.82) is 0 Å². The first-order valence-electron chi connectivity index (χ1n) is 11.1. The molecule has 4 heterocycles. The van der Waals surface area contributed by atoms with Gasteiger partial charge in [0.05, 0.1) is 0 Å². The maximum Gasteiger partial charge on any atom is 0.304 e. The Kier molecular flexibility index (Phi) is 12.7. The maximum absolute atomic E-state index is 12.1. The monoisotopic (exact) mass is 706 g/mol. The van der Waals surface area contributed by atoms with Crippen molar-refractivity contribution >= 4 is 84.1 Å². The molecule has 42 heavy (non-hydrogen) atoms. The number of nitrogens with two attached hydrogens (primary N) is 1. The molecule has 16 nitrogen and oxygen atoms in total. The molecular formula is C20H26Cl4N10O6S2. The molecule has 0 radical (unpaired) electrons. The van der Waals surface area contributed by atoms with Crippen molar-refractivity contribution < 1.29 is 26.3 Å². The lowest BCUT2D eigenvalue weighted by molar-refractivity contribution is -0.179. The van der Waals surface area contributed by atoms with Gasteiger partial charge in [-0.15, -0.1) is 4.40 Å². The second-order valence-electron chi connectivity index (χ2n) is 8.21. The smallest absolute Gasteiger partial charge is 0.304 e. The number of rotatable bonds is 7. The summed E-state index contributed by atoms with van der Waals surface area (Å²) in [7, 11) is 2.27. The molecule has 0 aromatic carbocycles. The lowest BCUT2D eigenvalue weighted by atomic mass is 10.6. The number of hydrogen-bond donors (Lipinski definition) is 1. The third-order valence-electron chi connectivity index (χ3n) is 4.48. The quantitative estimate of drug-likeness (QED) is 0.167. The number of halogens is 4. The Bertz CT molecular complexity index is 1770. The first-order valence-corrected chi connectivity index (χ1v) is 15.6. The Morgan fingerprint density at radius 1 is 0.833 bits per heavy atom. The summed E-state index contributed by atoms with van der Waals surface area (Å²) in [5.74, 6) is 0. The van der Waals surface area contributed by atoms with Crippen LogP contribution in [0.2, 0.25) is 20.6 Å². The molecule has 0 saturated heterocycles. The highest BCUT2D eigenvalue weighted by molar-refractivity contribution is 7.90. The molecule has 0 spiro atoms. The van der Waals surface area contributed by atoms with Crippen LogP contribution in [0.5, 0.6) is 0 Å². The molecule has 232 valence electrons. The SMILES string of the molecule is CN(C)C=NS(=O)(=O)c1c(Cl)nc2ccc(Cl)nn12.COC(OC)N(C)C.NS(=O)(=O)c1c(Cl)nc2ccc(Cl)nn12. The van der Waals surface area contributed by atoms with Crippen LogP contribution < -0.4 is 5.14 Å². The van der Waals surface area contributed by atoms with Crippen molar-refractivity contribution in [2.24, 2.45) is 9.54 Å². The predicted molar refractivity (Wildman–Crippen MR) is 158 cm³/mol. The van der Waals surface area contributed by atoms with E-state index >= 15 is 0 Å². The van der Waals surface area contributed by atoms with E-state index in [1.54, 1.807) is 28.3 Å². The van der Waals surface area contributed by atoms with Gasteiger partial charge in [0, 0.05) is 28.3 Å². The Labute approximate surface area is 261 Å². The van der Waals surface area contributed by atoms with Crippen LogP contribution in [0.1, 0.15) is 0 Å². The van der Waals surface area contributed by atoms with Crippen molar-refractivity contribution in [3.63, 3.8) is 0 Å². The minimum absolute atomic E-state index is 0.112. The minimum Gasteiger partial charge on any atom is -0.368 e. The Morgan fingerprint density at radius 2 is 1.26 bits per heavy atom. The van der Waals surface area contributed by atoms with Gasteiger partial charge in [-0.2, -0.15) is 27.6 Å². The van der Waals surface area contributed by atoms with E-state index in [0.717, 1.165) is 15.4 Å². The second-order valence-corrected chi connectivity index (χ2v) is 12.7. The topological polar surface area (TPSA) is 192 Å². The molecule has 0 fully saturated rings. The molecule has 0 bridgehead atoms. The second kappa shape index (κ2) is 14.9. The van der Waals surface area contributed by atoms with Gasteiger partial charge in [0.15, 0.2) is 21.6 Å². The van der Waals surface area contributed by atoms with E-state index in [2.05, 4.69) is 24.6 Å². The van der Waals surface area contributed by atoms with Crippen LogP contribution in [0.3, 0.4) is 0 Å². The Balaban J connectivity index is 0.000000239. The average molecular weight is 708 g/mol. The van der Waals surface area contributed by atoms with Crippen LogP contribution in [0.25, 0.3) is 11.3 Å². The van der Waals surface area contributed by atoms with E-state index in [4.69, 9.17) is 61.0 Å². The Hall–Kier alpha value is -2.39. The van der Waals surface area contributed by atoms with Gasteiger partial charge in [0.2, 0.25) is 16.5 Å². The molecule has 4 rings (SSSR count). The fourth-order valence-corrected chi connectivity index (χ4v) is 5.81. The Morgan fingerprint density at radius 3 is 1.62 bits per heavy atom. The van der Waals surface area contributed by atoms with Crippen LogP contribution in [-0.2, 0) is 29.5 Å². The minimum atomic E-state index is -4.01. The number of primary sulfonamides is 1. The van der Waals surface area contributed by atoms with Crippen molar-refractivity contribution in [3.05, 3.63) is 44.9 Å². The number of imidazole rings is 2. The molecule has 0 aliphatic heterocycles. The third kappa shape index (κ3) is 9.30. The van der Waals surface area contributed by atoms with Crippen molar-refractivity contribution in [1.82, 2.24) is 39.0 Å². The van der Waals surface area contributed by atoms with E-state index < -0.39 is 20.0 Å². The summed E-state index contributed by atoms with van der Waals surface area (Å²) in [6.45, 7) is 0. The van der Waals surface area contributed by atoms with E-state index in [0.29, 0.717) is 0 Å². The maximum atomic E-state index is 12.1. The zero-order valence-electron chi connectivity index (χ0n) is 22.8. The van der Waals surface area contributed by atoms with Gasteiger partial charge in [-0.3, -0.25) is 4.90 Å². The lowest BCUT2D eigenvalue weighted by Gasteiger charge is -2.19. The fourth-order valence-electron chi connectivity index (χ4n) is 2.91. The molecule has 0 unspecified atom stereocenters. The molecule has 2 N–H and O–H groups in total. The summed E-state index contributed by atoms with van der Waals surface area (Å²) >= 11 is 22.8. The number of hydrogen-bond acceptors (Lipinski definition) is 11. The molecule has 22 heteroatoms. The standard InChI is InChI=1S/C9H9Cl2N5O2S.C6H4Cl2N4O2S.C5H13NO2/c1-15(2)5-12-19(17,18)9-8(11)13-7-4-3-6(10)14-16(7)9;7-3-1-2-4-10-5(8)6(12(4)11-3)15(9,13)14;1-6(2)5(7-3)8-4/h3-5H,1-2H3;1-2H,(H2,9,13,14);5H,1-4H3. The van der Waals surface area contributed by atoms with E-state index in [9.17, 15) is 16.8 Å². The zero-order valence-corrected chi connectivity index (χ0v) is 27.5. The fraction of sp³-hybridized carbons (Fsp3) is 0.350. The average Bonchev–Trinajstić information content (AvgIpc) is 3.38. The van der Waals surface area contributed by atoms with Gasteiger partial charge in [0.25, 0.3) is 10.0 Å². The molecule has 0 aliphatic rings. The first kappa shape index (κ1) is 35.8.